The highest BCUT2D eigenvalue weighted by Crippen LogP contribution is 2.12. The summed E-state index contributed by atoms with van der Waals surface area (Å²) in [6.45, 7) is 0.128. The summed E-state index contributed by atoms with van der Waals surface area (Å²) < 4.78 is 10.2. The van der Waals surface area contributed by atoms with Crippen LogP contribution in [0.15, 0.2) is 39.5 Å². The van der Waals surface area contributed by atoms with E-state index in [0.29, 0.717) is 23.8 Å². The second-order valence-corrected chi connectivity index (χ2v) is 3.87. The Morgan fingerprint density at radius 1 is 1.37 bits per heavy atom. The van der Waals surface area contributed by atoms with Crippen molar-refractivity contribution in [3.63, 3.8) is 0 Å². The molecule has 0 aliphatic carbocycles. The molecule has 2 rings (SSSR count). The highest BCUT2D eigenvalue weighted by molar-refractivity contribution is 5.88. The number of hydrogen-bond donors (Lipinski definition) is 0. The molecule has 0 aliphatic rings. The van der Waals surface area contributed by atoms with Gasteiger partial charge in [-0.2, -0.15) is 5.26 Å². The zero-order chi connectivity index (χ0) is 13.7. The van der Waals surface area contributed by atoms with Gasteiger partial charge in [-0.25, -0.2) is 4.79 Å². The lowest BCUT2D eigenvalue weighted by molar-refractivity contribution is 0.0466. The van der Waals surface area contributed by atoms with Gasteiger partial charge in [0.05, 0.1) is 18.1 Å². The minimum absolute atomic E-state index is 0.124. The summed E-state index contributed by atoms with van der Waals surface area (Å²) in [6.07, 6.45) is 0.773. The number of hydrogen-bond acceptors (Lipinski definition) is 5. The summed E-state index contributed by atoms with van der Waals surface area (Å²) in [5.74, 6) is -0.818. The third kappa shape index (κ3) is 2.99. The quantitative estimate of drug-likeness (QED) is 0.619. The molecule has 2 aromatic rings. The van der Waals surface area contributed by atoms with Gasteiger partial charge in [0.2, 0.25) is 5.76 Å². The summed E-state index contributed by atoms with van der Waals surface area (Å²) in [7, 11) is 0. The number of rotatable bonds is 4. The van der Waals surface area contributed by atoms with Gasteiger partial charge in [0.15, 0.2) is 5.43 Å². The number of nitrogens with zero attached hydrogens (tertiary/aromatic N) is 1. The maximum atomic E-state index is 11.8. The SMILES string of the molecule is N#CCCCOC(=O)c1cc(=O)c2ccccc2o1. The molecule has 0 spiro atoms. The van der Waals surface area contributed by atoms with E-state index in [1.807, 2.05) is 6.07 Å². The van der Waals surface area contributed by atoms with E-state index in [1.165, 1.54) is 0 Å². The summed E-state index contributed by atoms with van der Waals surface area (Å²) in [5, 5.41) is 8.77. The Kier molecular flexibility index (Phi) is 3.94. The third-order valence-corrected chi connectivity index (χ3v) is 2.50. The van der Waals surface area contributed by atoms with Crippen molar-refractivity contribution >= 4 is 16.9 Å². The molecule has 1 heterocycles. The summed E-state index contributed by atoms with van der Waals surface area (Å²) in [6, 6.07) is 9.75. The van der Waals surface area contributed by atoms with Crippen molar-refractivity contribution in [2.75, 3.05) is 6.61 Å². The summed E-state index contributed by atoms with van der Waals surface area (Å²) >= 11 is 0. The minimum atomic E-state index is -0.694. The minimum Gasteiger partial charge on any atom is -0.460 e. The molecule has 19 heavy (non-hydrogen) atoms. The Morgan fingerprint density at radius 3 is 2.95 bits per heavy atom. The molecule has 0 atom stereocenters. The number of benzene rings is 1. The van der Waals surface area contributed by atoms with Gasteiger partial charge < -0.3 is 9.15 Å². The van der Waals surface area contributed by atoms with Crippen LogP contribution in [0.5, 0.6) is 0 Å². The molecule has 1 aromatic heterocycles. The average molecular weight is 257 g/mol. The van der Waals surface area contributed by atoms with Crippen LogP contribution in [-0.4, -0.2) is 12.6 Å². The van der Waals surface area contributed by atoms with E-state index < -0.39 is 5.97 Å². The lowest BCUT2D eigenvalue weighted by Crippen LogP contribution is -2.10. The van der Waals surface area contributed by atoms with Crippen molar-refractivity contribution in [1.29, 1.82) is 5.26 Å². The zero-order valence-electron chi connectivity index (χ0n) is 10.1. The number of carbonyl (C=O) groups is 1. The molecule has 96 valence electrons. The van der Waals surface area contributed by atoms with E-state index >= 15 is 0 Å². The van der Waals surface area contributed by atoms with Gasteiger partial charge in [-0.05, 0) is 18.6 Å². The van der Waals surface area contributed by atoms with E-state index in [-0.39, 0.29) is 17.8 Å². The zero-order valence-corrected chi connectivity index (χ0v) is 10.1. The van der Waals surface area contributed by atoms with E-state index in [0.717, 1.165) is 6.07 Å². The Morgan fingerprint density at radius 2 is 2.16 bits per heavy atom. The van der Waals surface area contributed by atoms with Gasteiger partial charge in [0, 0.05) is 12.5 Å². The number of carbonyl (C=O) groups excluding carboxylic acids is 1. The number of nitriles is 1. The number of ether oxygens (including phenoxy) is 1. The first-order valence-corrected chi connectivity index (χ1v) is 5.79. The molecule has 0 bridgehead atoms. The Bertz CT molecular complexity index is 696. The van der Waals surface area contributed by atoms with Crippen molar-refractivity contribution in [2.45, 2.75) is 12.8 Å². The second kappa shape index (κ2) is 5.83. The Labute approximate surface area is 109 Å². The molecule has 0 radical (unpaired) electrons. The number of para-hydroxylation sites is 1. The van der Waals surface area contributed by atoms with Crippen LogP contribution in [0.25, 0.3) is 11.0 Å². The van der Waals surface area contributed by atoms with Crippen molar-refractivity contribution in [2.24, 2.45) is 0 Å². The summed E-state index contributed by atoms with van der Waals surface area (Å²) in [5.41, 5.74) is 0.0600. The van der Waals surface area contributed by atoms with Gasteiger partial charge in [0.1, 0.15) is 5.58 Å². The Hall–Kier alpha value is -2.61. The van der Waals surface area contributed by atoms with Gasteiger partial charge in [-0.1, -0.05) is 12.1 Å². The molecule has 0 saturated carbocycles. The predicted octanol–water partition coefficient (Wildman–Crippen LogP) is 2.25. The number of fused-ring (bicyclic) bond motifs is 1. The first-order chi connectivity index (χ1) is 9.22. The fourth-order valence-electron chi connectivity index (χ4n) is 1.59. The van der Waals surface area contributed by atoms with Gasteiger partial charge in [-0.15, -0.1) is 0 Å². The van der Waals surface area contributed by atoms with Gasteiger partial charge in [0.25, 0.3) is 0 Å². The van der Waals surface area contributed by atoms with Crippen LogP contribution in [0.1, 0.15) is 23.4 Å². The predicted molar refractivity (Wildman–Crippen MR) is 67.6 cm³/mol. The van der Waals surface area contributed by atoms with Crippen LogP contribution >= 0.6 is 0 Å². The molecular weight excluding hydrogens is 246 g/mol. The molecular formula is C14H11NO4. The molecule has 0 saturated heterocycles. The van der Waals surface area contributed by atoms with E-state index in [1.54, 1.807) is 24.3 Å². The standard InChI is InChI=1S/C14H11NO4/c15-7-3-4-8-18-14(17)13-9-11(16)10-5-1-2-6-12(10)19-13/h1-2,5-6,9H,3-4,8H2. The van der Waals surface area contributed by atoms with Crippen LogP contribution < -0.4 is 5.43 Å². The lowest BCUT2D eigenvalue weighted by atomic mass is 10.2. The summed E-state index contributed by atoms with van der Waals surface area (Å²) in [4.78, 5) is 23.4. The van der Waals surface area contributed by atoms with Gasteiger partial charge in [-0.3, -0.25) is 4.79 Å². The fourth-order valence-corrected chi connectivity index (χ4v) is 1.59. The van der Waals surface area contributed by atoms with E-state index in [9.17, 15) is 9.59 Å². The van der Waals surface area contributed by atoms with Crippen LogP contribution in [0.4, 0.5) is 0 Å². The lowest BCUT2D eigenvalue weighted by Gasteiger charge is -2.03. The van der Waals surface area contributed by atoms with Crippen molar-refractivity contribution in [1.82, 2.24) is 0 Å². The molecule has 5 nitrogen and oxygen atoms in total. The molecule has 0 amide bonds. The highest BCUT2D eigenvalue weighted by Gasteiger charge is 2.13. The maximum absolute atomic E-state index is 11.8. The molecule has 0 fully saturated rings. The fraction of sp³-hybridized carbons (Fsp3) is 0.214. The largest absolute Gasteiger partial charge is 0.460 e. The Balaban J connectivity index is 2.19. The monoisotopic (exact) mass is 257 g/mol. The molecule has 5 heteroatoms. The van der Waals surface area contributed by atoms with Crippen LogP contribution in [0.2, 0.25) is 0 Å². The average Bonchev–Trinajstić information content (AvgIpc) is 2.43. The molecule has 1 aromatic carbocycles. The van der Waals surface area contributed by atoms with Crippen molar-refractivity contribution < 1.29 is 13.9 Å². The van der Waals surface area contributed by atoms with Crippen LogP contribution in [0, 0.1) is 11.3 Å². The van der Waals surface area contributed by atoms with Crippen molar-refractivity contribution in [3.05, 3.63) is 46.3 Å². The van der Waals surface area contributed by atoms with E-state index in [4.69, 9.17) is 14.4 Å². The maximum Gasteiger partial charge on any atom is 0.374 e. The number of esters is 1. The van der Waals surface area contributed by atoms with E-state index in [2.05, 4.69) is 0 Å². The molecule has 0 aliphatic heterocycles. The molecule has 0 unspecified atom stereocenters. The first kappa shape index (κ1) is 12.8. The van der Waals surface area contributed by atoms with Crippen LogP contribution in [-0.2, 0) is 4.74 Å². The number of unbranched alkanes of at least 4 members (excludes halogenated alkanes) is 1. The third-order valence-electron chi connectivity index (χ3n) is 2.50. The van der Waals surface area contributed by atoms with Crippen molar-refractivity contribution in [3.8, 4) is 6.07 Å². The topological polar surface area (TPSA) is 80.3 Å². The second-order valence-electron chi connectivity index (χ2n) is 3.87. The molecule has 0 N–H and O–H groups in total. The van der Waals surface area contributed by atoms with Gasteiger partial charge >= 0.3 is 5.97 Å². The smallest absolute Gasteiger partial charge is 0.374 e. The normalized spacial score (nSPS) is 10.1. The van der Waals surface area contributed by atoms with Crippen LogP contribution in [0.3, 0.4) is 0 Å². The highest BCUT2D eigenvalue weighted by atomic mass is 16.5. The first-order valence-electron chi connectivity index (χ1n) is 5.79.